The number of hydrazone groups is 1. The fraction of sp³-hybridized carbons (Fsp3) is 0.706. The van der Waals surface area contributed by atoms with Gasteiger partial charge in [0.15, 0.2) is 9.84 Å². The largest absolute Gasteiger partial charge is 0.351 e. The molecule has 0 spiro atoms. The van der Waals surface area contributed by atoms with Gasteiger partial charge in [-0.3, -0.25) is 9.59 Å². The number of hydrogen-bond acceptors (Lipinski definition) is 5. The smallest absolute Gasteiger partial charge is 0.267 e. The summed E-state index contributed by atoms with van der Waals surface area (Å²) in [6.07, 6.45) is 7.76. The zero-order valence-corrected chi connectivity index (χ0v) is 14.9. The molecule has 0 aromatic rings. The van der Waals surface area contributed by atoms with Crippen LogP contribution in [-0.4, -0.2) is 55.0 Å². The van der Waals surface area contributed by atoms with Crippen molar-refractivity contribution in [2.24, 2.45) is 22.9 Å². The first-order chi connectivity index (χ1) is 11.9. The number of nitrogens with one attached hydrogen (secondary N) is 1. The lowest BCUT2D eigenvalue weighted by molar-refractivity contribution is -0.133. The molecule has 7 nitrogen and oxygen atoms in total. The predicted molar refractivity (Wildman–Crippen MR) is 92.4 cm³/mol. The first-order valence-corrected chi connectivity index (χ1v) is 10.8. The average Bonchev–Trinajstić information content (AvgIpc) is 3.28. The molecule has 2 amide bonds. The van der Waals surface area contributed by atoms with E-state index in [1.165, 1.54) is 11.4 Å². The highest BCUT2D eigenvalue weighted by molar-refractivity contribution is 7.91. The van der Waals surface area contributed by atoms with Gasteiger partial charge in [0.2, 0.25) is 5.91 Å². The van der Waals surface area contributed by atoms with Crippen molar-refractivity contribution in [2.45, 2.75) is 38.1 Å². The molecule has 1 saturated carbocycles. The summed E-state index contributed by atoms with van der Waals surface area (Å²) in [5.74, 6) is 1.31. The maximum Gasteiger partial charge on any atom is 0.267 e. The van der Waals surface area contributed by atoms with Crippen molar-refractivity contribution in [1.82, 2.24) is 10.3 Å². The van der Waals surface area contributed by atoms with Gasteiger partial charge in [-0.05, 0) is 37.0 Å². The standard InChI is InChI=1S/C17H23N3O4S/c21-16-4-3-15(19-20(16)14-5-6-25(23,24)10-14)17(22)18-9-13-8-11-1-2-12(13)7-11/h1-2,11-14H,3-10H2,(H,18,22)/t11-,12-,13+,14+/m0/s1. The maximum atomic E-state index is 12.4. The Bertz CT molecular complexity index is 758. The fourth-order valence-electron chi connectivity index (χ4n) is 4.44. The lowest BCUT2D eigenvalue weighted by Crippen LogP contribution is -2.44. The van der Waals surface area contributed by atoms with Crippen molar-refractivity contribution >= 4 is 27.4 Å². The summed E-state index contributed by atoms with van der Waals surface area (Å²) in [7, 11) is -3.10. The number of rotatable bonds is 4. The molecule has 25 heavy (non-hydrogen) atoms. The molecule has 2 bridgehead atoms. The van der Waals surface area contributed by atoms with Crippen molar-refractivity contribution in [3.63, 3.8) is 0 Å². The SMILES string of the molecule is O=C(NC[C@H]1C[C@H]2C=C[C@H]1C2)C1=NN([C@@H]2CCS(=O)(=O)C2)C(=O)CC1. The van der Waals surface area contributed by atoms with Crippen molar-refractivity contribution in [3.05, 3.63) is 12.2 Å². The number of amides is 2. The van der Waals surface area contributed by atoms with Crippen molar-refractivity contribution in [3.8, 4) is 0 Å². The van der Waals surface area contributed by atoms with Crippen LogP contribution in [0.5, 0.6) is 0 Å². The fourth-order valence-corrected chi connectivity index (χ4v) is 6.14. The zero-order valence-electron chi connectivity index (χ0n) is 14.1. The van der Waals surface area contributed by atoms with Crippen LogP contribution in [0.3, 0.4) is 0 Å². The van der Waals surface area contributed by atoms with Crippen LogP contribution >= 0.6 is 0 Å². The third-order valence-corrected chi connectivity index (χ3v) is 7.57. The molecule has 1 saturated heterocycles. The number of sulfone groups is 1. The number of hydrogen-bond donors (Lipinski definition) is 1. The number of fused-ring (bicyclic) bond motifs is 2. The van der Waals surface area contributed by atoms with Gasteiger partial charge in [-0.2, -0.15) is 5.10 Å². The van der Waals surface area contributed by atoms with E-state index in [1.807, 2.05) is 0 Å². The van der Waals surface area contributed by atoms with Crippen molar-refractivity contribution < 1.29 is 18.0 Å². The van der Waals surface area contributed by atoms with Gasteiger partial charge in [0.05, 0.1) is 17.5 Å². The second kappa shape index (κ2) is 6.23. The summed E-state index contributed by atoms with van der Waals surface area (Å²) in [4.78, 5) is 24.5. The molecule has 0 unspecified atom stereocenters. The summed E-state index contributed by atoms with van der Waals surface area (Å²) in [6.45, 7) is 0.634. The second-order valence-electron chi connectivity index (χ2n) is 7.59. The Morgan fingerprint density at radius 2 is 2.12 bits per heavy atom. The van der Waals surface area contributed by atoms with E-state index in [0.717, 1.165) is 6.42 Å². The molecule has 0 aromatic heterocycles. The Kier molecular flexibility index (Phi) is 4.17. The molecule has 136 valence electrons. The lowest BCUT2D eigenvalue weighted by Gasteiger charge is -2.28. The summed E-state index contributed by atoms with van der Waals surface area (Å²) >= 11 is 0. The minimum Gasteiger partial charge on any atom is -0.351 e. The summed E-state index contributed by atoms with van der Waals surface area (Å²) in [5.41, 5.74) is 0.336. The molecule has 0 radical (unpaired) electrons. The predicted octanol–water partition coefficient (Wildman–Crippen LogP) is 0.480. The molecule has 2 heterocycles. The molecule has 4 aliphatic rings. The number of allylic oxidation sites excluding steroid dienone is 2. The van der Waals surface area contributed by atoms with Gasteiger partial charge in [0.25, 0.3) is 5.91 Å². The minimum atomic E-state index is -3.10. The third kappa shape index (κ3) is 3.36. The van der Waals surface area contributed by atoms with Gasteiger partial charge in [-0.25, -0.2) is 13.4 Å². The van der Waals surface area contributed by atoms with Crippen LogP contribution in [0.15, 0.2) is 17.3 Å². The normalized spacial score (nSPS) is 35.9. The van der Waals surface area contributed by atoms with E-state index >= 15 is 0 Å². The van der Waals surface area contributed by atoms with E-state index in [-0.39, 0.29) is 29.7 Å². The van der Waals surface area contributed by atoms with Crippen LogP contribution in [0, 0.1) is 17.8 Å². The number of nitrogens with zero attached hydrogens (tertiary/aromatic N) is 2. The Hall–Kier alpha value is -1.70. The minimum absolute atomic E-state index is 0.0609. The Labute approximate surface area is 147 Å². The molecular weight excluding hydrogens is 342 g/mol. The molecule has 2 fully saturated rings. The molecule has 1 N–H and O–H groups in total. The molecule has 2 aliphatic heterocycles. The van der Waals surface area contributed by atoms with Gasteiger partial charge in [0, 0.05) is 19.4 Å². The van der Waals surface area contributed by atoms with Crippen LogP contribution in [-0.2, 0) is 19.4 Å². The van der Waals surface area contributed by atoms with Gasteiger partial charge in [-0.1, -0.05) is 12.2 Å². The van der Waals surface area contributed by atoms with E-state index in [4.69, 9.17) is 0 Å². The van der Waals surface area contributed by atoms with Crippen LogP contribution < -0.4 is 5.32 Å². The van der Waals surface area contributed by atoms with E-state index in [0.29, 0.717) is 42.9 Å². The zero-order chi connectivity index (χ0) is 17.6. The van der Waals surface area contributed by atoms with E-state index in [9.17, 15) is 18.0 Å². The van der Waals surface area contributed by atoms with Crippen LogP contribution in [0.25, 0.3) is 0 Å². The van der Waals surface area contributed by atoms with Crippen molar-refractivity contribution in [2.75, 3.05) is 18.1 Å². The lowest BCUT2D eigenvalue weighted by atomic mass is 9.93. The number of carbonyl (C=O) groups excluding carboxylic acids is 2. The molecule has 4 atom stereocenters. The second-order valence-corrected chi connectivity index (χ2v) is 9.82. The third-order valence-electron chi connectivity index (χ3n) is 5.82. The first-order valence-electron chi connectivity index (χ1n) is 8.98. The van der Waals surface area contributed by atoms with Crippen LogP contribution in [0.2, 0.25) is 0 Å². The number of carbonyl (C=O) groups is 2. The molecule has 4 rings (SSSR count). The van der Waals surface area contributed by atoms with Crippen LogP contribution in [0.4, 0.5) is 0 Å². The van der Waals surface area contributed by atoms with Gasteiger partial charge in [-0.15, -0.1) is 0 Å². The monoisotopic (exact) mass is 365 g/mol. The van der Waals surface area contributed by atoms with Gasteiger partial charge in [0.1, 0.15) is 5.71 Å². The van der Waals surface area contributed by atoms with Gasteiger partial charge < -0.3 is 5.32 Å². The molecule has 2 aliphatic carbocycles. The first kappa shape index (κ1) is 16.8. The van der Waals surface area contributed by atoms with E-state index in [2.05, 4.69) is 22.6 Å². The topological polar surface area (TPSA) is 95.9 Å². The maximum absolute atomic E-state index is 12.4. The Morgan fingerprint density at radius 3 is 2.76 bits per heavy atom. The Morgan fingerprint density at radius 1 is 1.28 bits per heavy atom. The summed E-state index contributed by atoms with van der Waals surface area (Å²) in [5, 5.41) is 8.41. The Balaban J connectivity index is 1.39. The van der Waals surface area contributed by atoms with Crippen LogP contribution in [0.1, 0.15) is 32.1 Å². The highest BCUT2D eigenvalue weighted by atomic mass is 32.2. The summed E-state index contributed by atoms with van der Waals surface area (Å²) in [6, 6.07) is -0.434. The van der Waals surface area contributed by atoms with Gasteiger partial charge >= 0.3 is 0 Å². The molecule has 8 heteroatoms. The molecular formula is C17H23N3O4S. The van der Waals surface area contributed by atoms with E-state index in [1.54, 1.807) is 0 Å². The van der Waals surface area contributed by atoms with Crippen molar-refractivity contribution in [1.29, 1.82) is 0 Å². The van der Waals surface area contributed by atoms with E-state index < -0.39 is 15.9 Å². The summed E-state index contributed by atoms with van der Waals surface area (Å²) < 4.78 is 23.3. The highest BCUT2D eigenvalue weighted by Crippen LogP contribution is 2.42. The highest BCUT2D eigenvalue weighted by Gasteiger charge is 2.38. The quantitative estimate of drug-likeness (QED) is 0.733. The molecule has 0 aromatic carbocycles. The average molecular weight is 365 g/mol.